The molecule has 0 saturated heterocycles. The Labute approximate surface area is 226 Å². The molecule has 0 saturated carbocycles. The van der Waals surface area contributed by atoms with Crippen molar-refractivity contribution < 1.29 is 33.3 Å². The number of anilines is 1. The number of hydrogen-bond donors (Lipinski definition) is 0. The zero-order chi connectivity index (χ0) is 22.6. The minimum Gasteiger partial charge on any atom is -1.00 e. The molecule has 0 atom stereocenters. The maximum atomic E-state index is 5.95. The van der Waals surface area contributed by atoms with Crippen LogP contribution in [-0.4, -0.2) is 13.7 Å². The lowest BCUT2D eigenvalue weighted by Crippen LogP contribution is -3.00. The molecule has 0 unspecified atom stereocenters. The number of halogens is 1. The van der Waals surface area contributed by atoms with Gasteiger partial charge in [-0.2, -0.15) is 4.57 Å². The molecule has 2 heterocycles. The third-order valence-corrected chi connectivity index (χ3v) is 8.11. The summed E-state index contributed by atoms with van der Waals surface area (Å²) >= 11 is 3.68. The van der Waals surface area contributed by atoms with Crippen LogP contribution >= 0.6 is 23.1 Å². The molecule has 4 aromatic rings. The van der Waals surface area contributed by atoms with Crippen molar-refractivity contribution in [1.82, 2.24) is 0 Å². The zero-order valence-corrected chi connectivity index (χ0v) is 23.1. The highest BCUT2D eigenvalue weighted by atomic mass is 127. The van der Waals surface area contributed by atoms with Crippen LogP contribution < -0.4 is 38.2 Å². The van der Waals surface area contributed by atoms with Crippen LogP contribution in [0.25, 0.3) is 16.3 Å². The van der Waals surface area contributed by atoms with Crippen LogP contribution in [0.15, 0.2) is 100 Å². The molecule has 3 nitrogen and oxygen atoms in total. The van der Waals surface area contributed by atoms with Crippen molar-refractivity contribution in [2.24, 2.45) is 7.05 Å². The van der Waals surface area contributed by atoms with E-state index in [-0.39, 0.29) is 24.0 Å². The highest BCUT2D eigenvalue weighted by Crippen LogP contribution is 2.45. The van der Waals surface area contributed by atoms with Crippen molar-refractivity contribution in [2.45, 2.75) is 17.7 Å². The lowest BCUT2D eigenvalue weighted by Gasteiger charge is -2.14. The maximum Gasteiger partial charge on any atom is 0.262 e. The third kappa shape index (κ3) is 5.50. The van der Waals surface area contributed by atoms with Crippen LogP contribution in [0.1, 0.15) is 17.8 Å². The smallest absolute Gasteiger partial charge is 0.262 e. The van der Waals surface area contributed by atoms with E-state index in [1.807, 2.05) is 53.4 Å². The van der Waals surface area contributed by atoms with Gasteiger partial charge in [0.2, 0.25) is 5.52 Å². The second-order valence-corrected chi connectivity index (χ2v) is 10.2. The highest BCUT2D eigenvalue weighted by Gasteiger charge is 2.22. The van der Waals surface area contributed by atoms with Gasteiger partial charge in [0.1, 0.15) is 17.5 Å². The van der Waals surface area contributed by atoms with Gasteiger partial charge in [-0.3, -0.25) is 0 Å². The molecular formula is C28H27IN2OS2. The molecule has 174 valence electrons. The molecule has 0 bridgehead atoms. The Hall–Kier alpha value is -2.29. The fourth-order valence-corrected chi connectivity index (χ4v) is 6.23. The van der Waals surface area contributed by atoms with E-state index in [1.165, 1.54) is 36.4 Å². The molecule has 5 rings (SSSR count). The average Bonchev–Trinajstić information content (AvgIpc) is 3.34. The molecular weight excluding hydrogens is 571 g/mol. The van der Waals surface area contributed by atoms with E-state index in [0.717, 1.165) is 18.6 Å². The van der Waals surface area contributed by atoms with Crippen LogP contribution in [0.5, 0.6) is 5.75 Å². The average molecular weight is 599 g/mol. The highest BCUT2D eigenvalue weighted by molar-refractivity contribution is 8.03. The van der Waals surface area contributed by atoms with Crippen LogP contribution in [0.3, 0.4) is 0 Å². The van der Waals surface area contributed by atoms with Crippen molar-refractivity contribution in [2.75, 3.05) is 18.6 Å². The number of nitrogens with zero attached hydrogens (tertiary/aromatic N) is 2. The van der Waals surface area contributed by atoms with E-state index in [0.29, 0.717) is 6.61 Å². The number of thiazole rings is 1. The van der Waals surface area contributed by atoms with Crippen molar-refractivity contribution in [1.29, 1.82) is 0 Å². The number of benzene rings is 3. The number of para-hydroxylation sites is 3. The minimum absolute atomic E-state index is 0. The lowest BCUT2D eigenvalue weighted by atomic mass is 10.1. The van der Waals surface area contributed by atoms with Gasteiger partial charge in [-0.15, -0.1) is 0 Å². The van der Waals surface area contributed by atoms with Gasteiger partial charge in [0.15, 0.2) is 0 Å². The number of thioether (sulfide) groups is 1. The molecule has 0 fully saturated rings. The van der Waals surface area contributed by atoms with E-state index in [9.17, 15) is 0 Å². The minimum atomic E-state index is 0. The number of allylic oxidation sites excluding steroid dienone is 2. The van der Waals surface area contributed by atoms with E-state index in [1.54, 1.807) is 0 Å². The summed E-state index contributed by atoms with van der Waals surface area (Å²) in [5.74, 6) is 0.929. The first-order valence-electron chi connectivity index (χ1n) is 11.2. The quantitative estimate of drug-likeness (QED) is 0.182. The Balaban J connectivity index is 0.00000274. The van der Waals surface area contributed by atoms with E-state index in [4.69, 9.17) is 4.74 Å². The fraction of sp³-hybridized carbons (Fsp3) is 0.179. The van der Waals surface area contributed by atoms with Crippen molar-refractivity contribution in [3.63, 3.8) is 0 Å². The lowest BCUT2D eigenvalue weighted by molar-refractivity contribution is -0.642. The Morgan fingerprint density at radius 2 is 1.71 bits per heavy atom. The molecule has 34 heavy (non-hydrogen) atoms. The Kier molecular flexibility index (Phi) is 8.34. The van der Waals surface area contributed by atoms with E-state index in [2.05, 4.69) is 84.2 Å². The molecule has 3 aromatic carbocycles. The SMILES string of the molecule is CN1C(=CC(=Cc2sc3ccccc3[n+]2C)CCCOc2ccccc2)Sc2ccccc21.[I-]. The molecule has 1 aliphatic rings. The Morgan fingerprint density at radius 3 is 2.50 bits per heavy atom. The number of fused-ring (bicyclic) bond motifs is 2. The number of hydrogen-bond acceptors (Lipinski definition) is 4. The summed E-state index contributed by atoms with van der Waals surface area (Å²) in [6.45, 7) is 0.701. The standard InChI is InChI=1S/C28H27N2OS2.HI/c1-29-23-14-6-8-16-25(23)32-27(29)19-21(11-10-18-31-22-12-4-3-5-13-22)20-28-30(2)24-15-7-9-17-26(24)33-28;/h3-9,12-17,19-20H,10-11,18H2,1-2H3;1H/q+1;/p-1. The fourth-order valence-electron chi connectivity index (χ4n) is 3.98. The largest absolute Gasteiger partial charge is 1.00 e. The first kappa shape index (κ1) is 24.8. The summed E-state index contributed by atoms with van der Waals surface area (Å²) < 4.78 is 9.56. The molecule has 0 radical (unpaired) electrons. The van der Waals surface area contributed by atoms with Gasteiger partial charge in [0, 0.05) is 24.1 Å². The molecule has 1 aliphatic heterocycles. The zero-order valence-electron chi connectivity index (χ0n) is 19.3. The van der Waals surface area contributed by atoms with Crippen LogP contribution in [0, 0.1) is 0 Å². The van der Waals surface area contributed by atoms with Crippen LogP contribution in [0.4, 0.5) is 5.69 Å². The Morgan fingerprint density at radius 1 is 0.971 bits per heavy atom. The first-order valence-corrected chi connectivity index (χ1v) is 12.8. The predicted molar refractivity (Wildman–Crippen MR) is 141 cm³/mol. The number of aryl methyl sites for hydroxylation is 1. The summed E-state index contributed by atoms with van der Waals surface area (Å²) in [6.07, 6.45) is 6.60. The number of aromatic nitrogens is 1. The molecule has 0 aliphatic carbocycles. The van der Waals surface area contributed by atoms with Crippen molar-refractivity contribution >= 4 is 45.1 Å². The van der Waals surface area contributed by atoms with Gasteiger partial charge in [-0.1, -0.05) is 65.6 Å². The second-order valence-electron chi connectivity index (χ2n) is 8.06. The van der Waals surface area contributed by atoms with Gasteiger partial charge >= 0.3 is 0 Å². The summed E-state index contributed by atoms with van der Waals surface area (Å²) in [7, 11) is 4.31. The molecule has 0 N–H and O–H groups in total. The van der Waals surface area contributed by atoms with Crippen LogP contribution in [-0.2, 0) is 7.05 Å². The molecule has 6 heteroatoms. The summed E-state index contributed by atoms with van der Waals surface area (Å²) in [4.78, 5) is 3.60. The summed E-state index contributed by atoms with van der Waals surface area (Å²) in [5.41, 5.74) is 3.86. The first-order chi connectivity index (χ1) is 16.2. The van der Waals surface area contributed by atoms with Gasteiger partial charge < -0.3 is 33.6 Å². The second kappa shape index (κ2) is 11.4. The van der Waals surface area contributed by atoms with Crippen molar-refractivity contribution in [3.05, 3.63) is 101 Å². The molecule has 0 spiro atoms. The predicted octanol–water partition coefficient (Wildman–Crippen LogP) is 4.06. The molecule has 1 aromatic heterocycles. The van der Waals surface area contributed by atoms with Gasteiger partial charge in [0.05, 0.1) is 17.3 Å². The van der Waals surface area contributed by atoms with Gasteiger partial charge in [0.25, 0.3) is 5.01 Å². The summed E-state index contributed by atoms with van der Waals surface area (Å²) in [5, 5.41) is 2.52. The third-order valence-electron chi connectivity index (χ3n) is 5.78. The van der Waals surface area contributed by atoms with E-state index >= 15 is 0 Å². The normalized spacial score (nSPS) is 14.4. The number of rotatable bonds is 7. The van der Waals surface area contributed by atoms with Gasteiger partial charge in [-0.25, -0.2) is 0 Å². The van der Waals surface area contributed by atoms with Gasteiger partial charge in [-0.05, 0) is 54.8 Å². The van der Waals surface area contributed by atoms with E-state index < -0.39 is 0 Å². The maximum absolute atomic E-state index is 5.95. The monoisotopic (exact) mass is 598 g/mol. The van der Waals surface area contributed by atoms with Crippen molar-refractivity contribution in [3.8, 4) is 5.75 Å². The number of ether oxygens (including phenoxy) is 1. The molecule has 0 amide bonds. The summed E-state index contributed by atoms with van der Waals surface area (Å²) in [6, 6.07) is 27.2. The van der Waals surface area contributed by atoms with Crippen LogP contribution in [0.2, 0.25) is 0 Å². The Bertz CT molecular complexity index is 1330. The topological polar surface area (TPSA) is 16.4 Å².